The number of para-hydroxylation sites is 2. The van der Waals surface area contributed by atoms with Gasteiger partial charge < -0.3 is 10.1 Å². The lowest BCUT2D eigenvalue weighted by Gasteiger charge is -2.09. The van der Waals surface area contributed by atoms with Gasteiger partial charge in [0.1, 0.15) is 11.4 Å². The van der Waals surface area contributed by atoms with Crippen molar-refractivity contribution in [3.8, 4) is 17.1 Å². The number of nitrogens with one attached hydrogen (secondary N) is 1. The molecule has 0 saturated carbocycles. The second kappa shape index (κ2) is 6.37. The lowest BCUT2D eigenvalue weighted by atomic mass is 10.3. The molecule has 1 aromatic carbocycles. The molecule has 0 fully saturated rings. The van der Waals surface area contributed by atoms with E-state index in [1.807, 2.05) is 54.8 Å². The van der Waals surface area contributed by atoms with Gasteiger partial charge in [-0.25, -0.2) is 4.98 Å². The van der Waals surface area contributed by atoms with E-state index in [2.05, 4.69) is 15.3 Å². The van der Waals surface area contributed by atoms with Crippen LogP contribution in [0.25, 0.3) is 11.4 Å². The Labute approximate surface area is 127 Å². The van der Waals surface area contributed by atoms with Crippen LogP contribution in [0.2, 0.25) is 0 Å². The first-order valence-corrected chi connectivity index (χ1v) is 7.60. The van der Waals surface area contributed by atoms with Crippen molar-refractivity contribution < 1.29 is 4.74 Å². The van der Waals surface area contributed by atoms with Crippen LogP contribution in [0.3, 0.4) is 0 Å². The fourth-order valence-corrected chi connectivity index (χ4v) is 2.65. The molecule has 0 aliphatic heterocycles. The molecule has 106 valence electrons. The van der Waals surface area contributed by atoms with Gasteiger partial charge in [-0.05, 0) is 31.2 Å². The number of rotatable bonds is 5. The van der Waals surface area contributed by atoms with E-state index in [0.717, 1.165) is 28.0 Å². The Hall–Kier alpha value is -2.40. The van der Waals surface area contributed by atoms with Gasteiger partial charge in [0.05, 0.1) is 18.0 Å². The summed E-state index contributed by atoms with van der Waals surface area (Å²) in [5.41, 5.74) is 2.66. The summed E-state index contributed by atoms with van der Waals surface area (Å²) < 4.78 is 5.60. The summed E-state index contributed by atoms with van der Waals surface area (Å²) in [6.07, 6.45) is 1.77. The summed E-state index contributed by atoms with van der Waals surface area (Å²) >= 11 is 1.55. The van der Waals surface area contributed by atoms with Gasteiger partial charge in [-0.1, -0.05) is 18.2 Å². The minimum Gasteiger partial charge on any atom is -0.492 e. The minimum absolute atomic E-state index is 0.635. The number of aromatic nitrogens is 2. The summed E-state index contributed by atoms with van der Waals surface area (Å²) in [6, 6.07) is 13.7. The van der Waals surface area contributed by atoms with Gasteiger partial charge in [0.2, 0.25) is 0 Å². The quantitative estimate of drug-likeness (QED) is 0.760. The molecular weight excluding hydrogens is 282 g/mol. The highest BCUT2D eigenvalue weighted by atomic mass is 32.1. The molecule has 2 aromatic heterocycles. The second-order valence-electron chi connectivity index (χ2n) is 4.31. The molecule has 0 amide bonds. The standard InChI is InChI=1S/C16H15N3OS/c1-2-20-15-9-4-3-8-13(15)18-16-19-14(11-21-16)12-7-5-6-10-17-12/h3-11H,2H2,1H3,(H,18,19). The van der Waals surface area contributed by atoms with Crippen molar-refractivity contribution in [1.29, 1.82) is 0 Å². The normalized spacial score (nSPS) is 10.3. The van der Waals surface area contributed by atoms with Crippen LogP contribution in [0.15, 0.2) is 54.0 Å². The summed E-state index contributed by atoms with van der Waals surface area (Å²) in [6.45, 7) is 2.61. The van der Waals surface area contributed by atoms with E-state index in [1.54, 1.807) is 17.5 Å². The van der Waals surface area contributed by atoms with Gasteiger partial charge in [0.15, 0.2) is 5.13 Å². The molecule has 0 aliphatic carbocycles. The molecule has 4 nitrogen and oxygen atoms in total. The zero-order chi connectivity index (χ0) is 14.5. The van der Waals surface area contributed by atoms with Gasteiger partial charge in [-0.2, -0.15) is 0 Å². The van der Waals surface area contributed by atoms with E-state index in [9.17, 15) is 0 Å². The monoisotopic (exact) mass is 297 g/mol. The fourth-order valence-electron chi connectivity index (χ4n) is 1.93. The number of nitrogens with zero attached hydrogens (tertiary/aromatic N) is 2. The highest BCUT2D eigenvalue weighted by molar-refractivity contribution is 7.14. The number of thiazole rings is 1. The predicted octanol–water partition coefficient (Wildman–Crippen LogP) is 4.35. The molecule has 5 heteroatoms. The van der Waals surface area contributed by atoms with Gasteiger partial charge >= 0.3 is 0 Å². The molecule has 1 N–H and O–H groups in total. The lowest BCUT2D eigenvalue weighted by Crippen LogP contribution is -1.97. The summed E-state index contributed by atoms with van der Waals surface area (Å²) in [7, 11) is 0. The maximum Gasteiger partial charge on any atom is 0.187 e. The molecule has 0 aliphatic rings. The molecular formula is C16H15N3OS. The number of ether oxygens (including phenoxy) is 1. The minimum atomic E-state index is 0.635. The molecule has 21 heavy (non-hydrogen) atoms. The average molecular weight is 297 g/mol. The highest BCUT2D eigenvalue weighted by Crippen LogP contribution is 2.30. The van der Waals surface area contributed by atoms with E-state index in [0.29, 0.717) is 6.61 Å². The third-order valence-electron chi connectivity index (χ3n) is 2.86. The molecule has 0 unspecified atom stereocenters. The summed E-state index contributed by atoms with van der Waals surface area (Å²) in [4.78, 5) is 8.87. The topological polar surface area (TPSA) is 47.0 Å². The molecule has 0 atom stereocenters. The number of anilines is 2. The van der Waals surface area contributed by atoms with E-state index in [4.69, 9.17) is 4.74 Å². The Morgan fingerprint density at radius 2 is 1.95 bits per heavy atom. The largest absolute Gasteiger partial charge is 0.492 e. The maximum atomic E-state index is 5.60. The van der Waals surface area contributed by atoms with Crippen molar-refractivity contribution in [2.75, 3.05) is 11.9 Å². The van der Waals surface area contributed by atoms with Gasteiger partial charge in [0, 0.05) is 11.6 Å². The van der Waals surface area contributed by atoms with E-state index in [1.165, 1.54) is 0 Å². The van der Waals surface area contributed by atoms with Crippen LogP contribution >= 0.6 is 11.3 Å². The Morgan fingerprint density at radius 3 is 2.76 bits per heavy atom. The van der Waals surface area contributed by atoms with Gasteiger partial charge in [0.25, 0.3) is 0 Å². The molecule has 3 rings (SSSR count). The average Bonchev–Trinajstić information content (AvgIpc) is 2.99. The first-order valence-electron chi connectivity index (χ1n) is 6.72. The number of benzene rings is 1. The first-order chi connectivity index (χ1) is 10.4. The van der Waals surface area contributed by atoms with Crippen LogP contribution in [-0.4, -0.2) is 16.6 Å². The third kappa shape index (κ3) is 3.20. The number of hydrogen-bond donors (Lipinski definition) is 1. The Morgan fingerprint density at radius 1 is 1.10 bits per heavy atom. The molecule has 2 heterocycles. The smallest absolute Gasteiger partial charge is 0.187 e. The van der Waals surface area contributed by atoms with Crippen molar-refractivity contribution in [1.82, 2.24) is 9.97 Å². The van der Waals surface area contributed by atoms with Gasteiger partial charge in [-0.3, -0.25) is 4.98 Å². The molecule has 0 radical (unpaired) electrons. The van der Waals surface area contributed by atoms with Crippen LogP contribution in [-0.2, 0) is 0 Å². The van der Waals surface area contributed by atoms with Crippen LogP contribution in [0.1, 0.15) is 6.92 Å². The fraction of sp³-hybridized carbons (Fsp3) is 0.125. The van der Waals surface area contributed by atoms with Crippen molar-refractivity contribution >= 4 is 22.2 Å². The van der Waals surface area contributed by atoms with Crippen molar-refractivity contribution in [3.63, 3.8) is 0 Å². The van der Waals surface area contributed by atoms with E-state index in [-0.39, 0.29) is 0 Å². The van der Waals surface area contributed by atoms with Crippen molar-refractivity contribution in [2.24, 2.45) is 0 Å². The Balaban J connectivity index is 1.82. The first kappa shape index (κ1) is 13.6. The zero-order valence-electron chi connectivity index (χ0n) is 11.6. The van der Waals surface area contributed by atoms with Crippen LogP contribution in [0.5, 0.6) is 5.75 Å². The number of pyridine rings is 1. The van der Waals surface area contributed by atoms with Crippen LogP contribution in [0.4, 0.5) is 10.8 Å². The van der Waals surface area contributed by atoms with Crippen molar-refractivity contribution in [3.05, 3.63) is 54.0 Å². The zero-order valence-corrected chi connectivity index (χ0v) is 12.4. The molecule has 0 saturated heterocycles. The maximum absolute atomic E-state index is 5.60. The summed E-state index contributed by atoms with van der Waals surface area (Å²) in [5, 5.41) is 6.12. The third-order valence-corrected chi connectivity index (χ3v) is 3.62. The summed E-state index contributed by atoms with van der Waals surface area (Å²) in [5.74, 6) is 0.828. The van der Waals surface area contributed by atoms with Crippen LogP contribution in [0, 0.1) is 0 Å². The van der Waals surface area contributed by atoms with Crippen molar-refractivity contribution in [2.45, 2.75) is 6.92 Å². The Kier molecular flexibility index (Phi) is 4.12. The van der Waals surface area contributed by atoms with E-state index < -0.39 is 0 Å². The predicted molar refractivity (Wildman–Crippen MR) is 86.2 cm³/mol. The lowest BCUT2D eigenvalue weighted by molar-refractivity contribution is 0.342. The van der Waals surface area contributed by atoms with E-state index >= 15 is 0 Å². The Bertz CT molecular complexity index is 712. The second-order valence-corrected chi connectivity index (χ2v) is 5.17. The van der Waals surface area contributed by atoms with Crippen LogP contribution < -0.4 is 10.1 Å². The SMILES string of the molecule is CCOc1ccccc1Nc1nc(-c2ccccn2)cs1. The van der Waals surface area contributed by atoms with Gasteiger partial charge in [-0.15, -0.1) is 11.3 Å². The number of hydrogen-bond acceptors (Lipinski definition) is 5. The molecule has 0 spiro atoms. The highest BCUT2D eigenvalue weighted by Gasteiger charge is 2.08. The molecule has 3 aromatic rings. The molecule has 0 bridgehead atoms.